The Hall–Kier alpha value is -1.31. The third-order valence-corrected chi connectivity index (χ3v) is 1.42. The lowest BCUT2D eigenvalue weighted by molar-refractivity contribution is 1.29. The summed E-state index contributed by atoms with van der Waals surface area (Å²) in [5.74, 6) is 0. The van der Waals surface area contributed by atoms with Crippen molar-refractivity contribution in [1.29, 1.82) is 0 Å². The Labute approximate surface area is 59.6 Å². The number of anilines is 1. The van der Waals surface area contributed by atoms with E-state index in [0.29, 0.717) is 0 Å². The molecule has 0 unspecified atom stereocenters. The van der Waals surface area contributed by atoms with Gasteiger partial charge >= 0.3 is 0 Å². The Bertz CT molecular complexity index is 266. The first-order chi connectivity index (χ1) is 4.97. The summed E-state index contributed by atoms with van der Waals surface area (Å²) in [5, 5.41) is 2.91. The lowest BCUT2D eigenvalue weighted by atomic mass is 10.2. The first kappa shape index (κ1) is 5.47. The number of fused-ring (bicyclic) bond motifs is 1. The third-order valence-electron chi connectivity index (χ3n) is 1.42. The number of para-hydroxylation sites is 1. The summed E-state index contributed by atoms with van der Waals surface area (Å²) in [5.41, 5.74) is 2.18. The van der Waals surface area contributed by atoms with E-state index in [2.05, 4.69) is 17.0 Å². The molecule has 0 bridgehead atoms. The van der Waals surface area contributed by atoms with Crippen LogP contribution in [0.15, 0.2) is 29.3 Å². The number of hydrogen-bond acceptors (Lipinski definition) is 2. The van der Waals surface area contributed by atoms with Gasteiger partial charge in [0.15, 0.2) is 0 Å². The Kier molecular flexibility index (Phi) is 1.17. The molecule has 0 aliphatic carbocycles. The molecule has 1 heterocycles. The smallest absolute Gasteiger partial charge is 0.226 e. The SMILES string of the molecule is [C]1N=Cc2ccccc2N1. The first-order valence-electron chi connectivity index (χ1n) is 3.10. The van der Waals surface area contributed by atoms with E-state index in [0.717, 1.165) is 11.3 Å². The van der Waals surface area contributed by atoms with Gasteiger partial charge in [0.25, 0.3) is 0 Å². The van der Waals surface area contributed by atoms with Crippen molar-refractivity contribution in [2.75, 3.05) is 5.32 Å². The zero-order valence-electron chi connectivity index (χ0n) is 5.33. The molecular formula is C8H6N2. The van der Waals surface area contributed by atoms with Crippen molar-refractivity contribution in [1.82, 2.24) is 0 Å². The average molecular weight is 130 g/mol. The summed E-state index contributed by atoms with van der Waals surface area (Å²) in [7, 11) is 0. The molecule has 0 aromatic heterocycles. The molecule has 2 heteroatoms. The molecule has 1 aromatic rings. The number of rotatable bonds is 0. The lowest BCUT2D eigenvalue weighted by Gasteiger charge is -2.08. The molecule has 0 spiro atoms. The predicted octanol–water partition coefficient (Wildman–Crippen LogP) is 1.53. The van der Waals surface area contributed by atoms with Crippen molar-refractivity contribution in [2.24, 2.45) is 4.99 Å². The molecule has 1 aliphatic heterocycles. The van der Waals surface area contributed by atoms with Crippen LogP contribution in [0.1, 0.15) is 5.56 Å². The van der Waals surface area contributed by atoms with Gasteiger partial charge in [-0.25, -0.2) is 0 Å². The number of nitrogens with zero attached hydrogens (tertiary/aromatic N) is 1. The van der Waals surface area contributed by atoms with Gasteiger partial charge in [-0.1, -0.05) is 18.2 Å². The molecule has 0 atom stereocenters. The van der Waals surface area contributed by atoms with Crippen LogP contribution in [0, 0.1) is 6.67 Å². The van der Waals surface area contributed by atoms with Gasteiger partial charge in [0.05, 0.1) is 0 Å². The van der Waals surface area contributed by atoms with Crippen molar-refractivity contribution in [2.45, 2.75) is 0 Å². The standard InChI is InChI=1S/C8H6N2/c1-2-4-8-7(3-1)5-9-6-10-8/h1-5,10H. The van der Waals surface area contributed by atoms with Crippen molar-refractivity contribution in [3.05, 3.63) is 36.5 Å². The van der Waals surface area contributed by atoms with Gasteiger partial charge in [0.2, 0.25) is 6.67 Å². The molecule has 48 valence electrons. The molecule has 0 fully saturated rings. The van der Waals surface area contributed by atoms with Crippen LogP contribution in [-0.2, 0) is 0 Å². The second kappa shape index (κ2) is 2.14. The molecule has 1 aliphatic rings. The van der Waals surface area contributed by atoms with Gasteiger partial charge in [-0.2, -0.15) is 0 Å². The second-order valence-electron chi connectivity index (χ2n) is 2.08. The number of benzene rings is 1. The highest BCUT2D eigenvalue weighted by Gasteiger charge is 2.01. The molecule has 1 aromatic carbocycles. The summed E-state index contributed by atoms with van der Waals surface area (Å²) < 4.78 is 0. The van der Waals surface area contributed by atoms with E-state index in [1.165, 1.54) is 0 Å². The minimum Gasteiger partial charge on any atom is -0.353 e. The van der Waals surface area contributed by atoms with Crippen LogP contribution in [0.3, 0.4) is 0 Å². The Balaban J connectivity index is 2.54. The molecule has 10 heavy (non-hydrogen) atoms. The summed E-state index contributed by atoms with van der Waals surface area (Å²) >= 11 is 0. The van der Waals surface area contributed by atoms with E-state index >= 15 is 0 Å². The lowest BCUT2D eigenvalue weighted by Crippen LogP contribution is -2.01. The average Bonchev–Trinajstić information content (AvgIpc) is 2.05. The van der Waals surface area contributed by atoms with Crippen LogP contribution in [0.5, 0.6) is 0 Å². The molecule has 2 nitrogen and oxygen atoms in total. The van der Waals surface area contributed by atoms with E-state index in [-0.39, 0.29) is 0 Å². The molecule has 2 rings (SSSR count). The van der Waals surface area contributed by atoms with Gasteiger partial charge < -0.3 is 5.32 Å². The second-order valence-corrected chi connectivity index (χ2v) is 2.08. The van der Waals surface area contributed by atoms with Crippen LogP contribution in [0.25, 0.3) is 0 Å². The van der Waals surface area contributed by atoms with Gasteiger partial charge in [-0.3, -0.25) is 4.99 Å². The van der Waals surface area contributed by atoms with E-state index in [4.69, 9.17) is 0 Å². The maximum Gasteiger partial charge on any atom is 0.226 e. The molecule has 0 amide bonds. The van der Waals surface area contributed by atoms with Gasteiger partial charge in [-0.05, 0) is 6.07 Å². The van der Waals surface area contributed by atoms with Crippen LogP contribution in [0.2, 0.25) is 0 Å². The molecular weight excluding hydrogens is 124 g/mol. The fraction of sp³-hybridized carbons (Fsp3) is 0. The summed E-state index contributed by atoms with van der Waals surface area (Å²) in [6, 6.07) is 7.96. The van der Waals surface area contributed by atoms with Gasteiger partial charge in [0.1, 0.15) is 0 Å². The highest BCUT2D eigenvalue weighted by atomic mass is 15.0. The Morgan fingerprint density at radius 1 is 1.30 bits per heavy atom. The highest BCUT2D eigenvalue weighted by molar-refractivity contribution is 5.89. The van der Waals surface area contributed by atoms with Gasteiger partial charge in [-0.15, -0.1) is 0 Å². The number of nitrogens with one attached hydrogen (secondary N) is 1. The Morgan fingerprint density at radius 3 is 3.10 bits per heavy atom. The number of hydrogen-bond donors (Lipinski definition) is 1. The van der Waals surface area contributed by atoms with Crippen molar-refractivity contribution in [3.8, 4) is 0 Å². The molecule has 1 N–H and O–H groups in total. The van der Waals surface area contributed by atoms with Crippen LogP contribution < -0.4 is 5.32 Å². The quantitative estimate of drug-likeness (QED) is 0.565. The maximum absolute atomic E-state index is 3.83. The number of aliphatic imine (C=N–C) groups is 1. The van der Waals surface area contributed by atoms with E-state index < -0.39 is 0 Å². The Morgan fingerprint density at radius 2 is 2.20 bits per heavy atom. The normalized spacial score (nSPS) is 14.0. The largest absolute Gasteiger partial charge is 0.353 e. The van der Waals surface area contributed by atoms with Gasteiger partial charge in [0, 0.05) is 17.5 Å². The summed E-state index contributed by atoms with van der Waals surface area (Å²) in [4.78, 5) is 3.83. The minimum absolute atomic E-state index is 1.07. The van der Waals surface area contributed by atoms with Crippen molar-refractivity contribution < 1.29 is 0 Å². The minimum atomic E-state index is 1.07. The van der Waals surface area contributed by atoms with Crippen molar-refractivity contribution in [3.63, 3.8) is 0 Å². The van der Waals surface area contributed by atoms with Crippen molar-refractivity contribution >= 4 is 11.9 Å². The highest BCUT2D eigenvalue weighted by Crippen LogP contribution is 2.15. The molecule has 0 saturated heterocycles. The zero-order valence-corrected chi connectivity index (χ0v) is 5.33. The third kappa shape index (κ3) is 0.778. The predicted molar refractivity (Wildman–Crippen MR) is 40.9 cm³/mol. The summed E-state index contributed by atoms with van der Waals surface area (Å²) in [6.45, 7) is 2.66. The van der Waals surface area contributed by atoms with Crippen LogP contribution >= 0.6 is 0 Å². The van der Waals surface area contributed by atoms with E-state index in [9.17, 15) is 0 Å². The maximum atomic E-state index is 3.83. The fourth-order valence-electron chi connectivity index (χ4n) is 0.918. The van der Waals surface area contributed by atoms with E-state index in [1.807, 2.05) is 24.3 Å². The molecule has 0 saturated carbocycles. The fourth-order valence-corrected chi connectivity index (χ4v) is 0.918. The topological polar surface area (TPSA) is 24.4 Å². The first-order valence-corrected chi connectivity index (χ1v) is 3.10. The molecule has 2 radical (unpaired) electrons. The van der Waals surface area contributed by atoms with Crippen LogP contribution in [-0.4, -0.2) is 6.21 Å². The zero-order chi connectivity index (χ0) is 6.81. The van der Waals surface area contributed by atoms with Crippen LogP contribution in [0.4, 0.5) is 5.69 Å². The monoisotopic (exact) mass is 130 g/mol. The summed E-state index contributed by atoms with van der Waals surface area (Å²) in [6.07, 6.45) is 1.78. The van der Waals surface area contributed by atoms with E-state index in [1.54, 1.807) is 6.21 Å².